The van der Waals surface area contributed by atoms with Crippen LogP contribution in [0.5, 0.6) is 5.75 Å². The zero-order chi connectivity index (χ0) is 10.7. The molecule has 0 aliphatic carbocycles. The molecule has 0 unspecified atom stereocenters. The van der Waals surface area contributed by atoms with Crippen molar-refractivity contribution in [2.75, 3.05) is 11.9 Å². The van der Waals surface area contributed by atoms with E-state index in [1.807, 2.05) is 0 Å². The SMILES string of the molecule is O=COCc1ccc2c(c1)NC(=O)CO2. The molecule has 0 saturated carbocycles. The first-order chi connectivity index (χ1) is 7.29. The van der Waals surface area contributed by atoms with Gasteiger partial charge in [0.2, 0.25) is 0 Å². The molecule has 78 valence electrons. The van der Waals surface area contributed by atoms with Gasteiger partial charge in [-0.1, -0.05) is 6.07 Å². The van der Waals surface area contributed by atoms with Gasteiger partial charge in [0.05, 0.1) is 5.69 Å². The van der Waals surface area contributed by atoms with E-state index in [1.54, 1.807) is 18.2 Å². The van der Waals surface area contributed by atoms with Gasteiger partial charge in [0.15, 0.2) is 6.61 Å². The molecular weight excluding hydrogens is 198 g/mol. The van der Waals surface area contributed by atoms with Gasteiger partial charge in [-0.2, -0.15) is 0 Å². The van der Waals surface area contributed by atoms with Crippen molar-refractivity contribution in [1.29, 1.82) is 0 Å². The Labute approximate surface area is 86.0 Å². The number of hydrogen-bond donors (Lipinski definition) is 1. The van der Waals surface area contributed by atoms with Crippen LogP contribution in [-0.4, -0.2) is 19.0 Å². The lowest BCUT2D eigenvalue weighted by molar-refractivity contribution is -0.129. The molecule has 0 saturated heterocycles. The van der Waals surface area contributed by atoms with Crippen LogP contribution < -0.4 is 10.1 Å². The summed E-state index contributed by atoms with van der Waals surface area (Å²) < 4.78 is 9.78. The predicted octanol–water partition coefficient (Wildman–Crippen LogP) is 0.690. The Morgan fingerprint density at radius 3 is 3.20 bits per heavy atom. The van der Waals surface area contributed by atoms with Gasteiger partial charge in [-0.05, 0) is 17.7 Å². The van der Waals surface area contributed by atoms with Crippen molar-refractivity contribution in [3.8, 4) is 5.75 Å². The zero-order valence-corrected chi connectivity index (χ0v) is 7.86. The third kappa shape index (κ3) is 2.07. The Balaban J connectivity index is 2.20. The summed E-state index contributed by atoms with van der Waals surface area (Å²) in [7, 11) is 0. The van der Waals surface area contributed by atoms with Gasteiger partial charge >= 0.3 is 0 Å². The fraction of sp³-hybridized carbons (Fsp3) is 0.200. The van der Waals surface area contributed by atoms with E-state index >= 15 is 0 Å². The highest BCUT2D eigenvalue weighted by Crippen LogP contribution is 2.28. The number of anilines is 1. The maximum Gasteiger partial charge on any atom is 0.293 e. The number of hydrogen-bond acceptors (Lipinski definition) is 4. The smallest absolute Gasteiger partial charge is 0.293 e. The first kappa shape index (κ1) is 9.51. The molecule has 15 heavy (non-hydrogen) atoms. The van der Waals surface area contributed by atoms with Crippen LogP contribution in [0, 0.1) is 0 Å². The molecule has 1 aliphatic heterocycles. The lowest BCUT2D eigenvalue weighted by Crippen LogP contribution is -2.25. The van der Waals surface area contributed by atoms with Crippen molar-refractivity contribution >= 4 is 18.1 Å². The number of carbonyl (C=O) groups excluding carboxylic acids is 2. The summed E-state index contributed by atoms with van der Waals surface area (Å²) in [6, 6.07) is 5.23. The Hall–Kier alpha value is -2.04. The molecule has 1 N–H and O–H groups in total. The number of benzene rings is 1. The Kier molecular flexibility index (Phi) is 2.53. The molecular formula is C10H9NO4. The van der Waals surface area contributed by atoms with E-state index in [9.17, 15) is 9.59 Å². The van der Waals surface area contributed by atoms with Gasteiger partial charge < -0.3 is 14.8 Å². The number of rotatable bonds is 3. The molecule has 0 radical (unpaired) electrons. The molecule has 1 heterocycles. The van der Waals surface area contributed by atoms with Crippen LogP contribution in [0.1, 0.15) is 5.56 Å². The highest BCUT2D eigenvalue weighted by atomic mass is 16.5. The monoisotopic (exact) mass is 207 g/mol. The predicted molar refractivity (Wildman–Crippen MR) is 51.4 cm³/mol. The number of carbonyl (C=O) groups is 2. The van der Waals surface area contributed by atoms with Crippen LogP contribution >= 0.6 is 0 Å². The van der Waals surface area contributed by atoms with E-state index in [-0.39, 0.29) is 19.1 Å². The Morgan fingerprint density at radius 1 is 1.53 bits per heavy atom. The van der Waals surface area contributed by atoms with Crippen LogP contribution in [0.3, 0.4) is 0 Å². The molecule has 1 amide bonds. The standard InChI is InChI=1S/C10H9NO4/c12-6-14-4-7-1-2-9-8(3-7)11-10(13)5-15-9/h1-3,6H,4-5H2,(H,11,13). The Morgan fingerprint density at radius 2 is 2.40 bits per heavy atom. The number of amides is 1. The molecule has 0 bridgehead atoms. The average molecular weight is 207 g/mol. The van der Waals surface area contributed by atoms with E-state index in [1.165, 1.54) is 0 Å². The third-order valence-corrected chi connectivity index (χ3v) is 1.99. The normalized spacial score (nSPS) is 13.5. The number of ether oxygens (including phenoxy) is 2. The topological polar surface area (TPSA) is 64.6 Å². The van der Waals surface area contributed by atoms with Crippen molar-refractivity contribution in [3.05, 3.63) is 23.8 Å². The number of nitrogens with one attached hydrogen (secondary N) is 1. The summed E-state index contributed by atoms with van der Waals surface area (Å²) in [6.07, 6.45) is 0. The molecule has 5 nitrogen and oxygen atoms in total. The van der Waals surface area contributed by atoms with Crippen LogP contribution in [-0.2, 0) is 20.9 Å². The van der Waals surface area contributed by atoms with Gasteiger partial charge in [0.25, 0.3) is 12.4 Å². The van der Waals surface area contributed by atoms with Crippen LogP contribution in [0.15, 0.2) is 18.2 Å². The summed E-state index contributed by atoms with van der Waals surface area (Å²) in [5.41, 5.74) is 1.41. The summed E-state index contributed by atoms with van der Waals surface area (Å²) in [6.45, 7) is 0.609. The van der Waals surface area contributed by atoms with Gasteiger partial charge in [-0.25, -0.2) is 0 Å². The van der Waals surface area contributed by atoms with E-state index in [4.69, 9.17) is 4.74 Å². The fourth-order valence-electron chi connectivity index (χ4n) is 1.35. The van der Waals surface area contributed by atoms with E-state index in [0.29, 0.717) is 17.9 Å². The molecule has 1 aromatic carbocycles. The second kappa shape index (κ2) is 4.00. The maximum atomic E-state index is 11.0. The summed E-state index contributed by atoms with van der Waals surface area (Å²) >= 11 is 0. The van der Waals surface area contributed by atoms with Crippen molar-refractivity contribution in [2.24, 2.45) is 0 Å². The quantitative estimate of drug-likeness (QED) is 0.740. The first-order valence-corrected chi connectivity index (χ1v) is 4.40. The minimum absolute atomic E-state index is 0.0389. The largest absolute Gasteiger partial charge is 0.482 e. The summed E-state index contributed by atoms with van der Waals surface area (Å²) in [4.78, 5) is 21.0. The van der Waals surface area contributed by atoms with E-state index < -0.39 is 0 Å². The first-order valence-electron chi connectivity index (χ1n) is 4.40. The van der Waals surface area contributed by atoms with Gasteiger partial charge in [0, 0.05) is 0 Å². The van der Waals surface area contributed by atoms with Crippen molar-refractivity contribution in [1.82, 2.24) is 0 Å². The molecule has 0 aromatic heterocycles. The number of fused-ring (bicyclic) bond motifs is 1. The van der Waals surface area contributed by atoms with Gasteiger partial charge in [0.1, 0.15) is 12.4 Å². The van der Waals surface area contributed by atoms with E-state index in [2.05, 4.69) is 10.1 Å². The molecule has 1 aromatic rings. The molecule has 0 fully saturated rings. The maximum absolute atomic E-state index is 11.0. The molecule has 0 atom stereocenters. The van der Waals surface area contributed by atoms with Crippen LogP contribution in [0.25, 0.3) is 0 Å². The highest BCUT2D eigenvalue weighted by molar-refractivity contribution is 5.95. The lowest BCUT2D eigenvalue weighted by atomic mass is 10.2. The fourth-order valence-corrected chi connectivity index (χ4v) is 1.35. The lowest BCUT2D eigenvalue weighted by Gasteiger charge is -2.18. The highest BCUT2D eigenvalue weighted by Gasteiger charge is 2.15. The second-order valence-electron chi connectivity index (χ2n) is 3.07. The van der Waals surface area contributed by atoms with Crippen LogP contribution in [0.2, 0.25) is 0 Å². The van der Waals surface area contributed by atoms with Crippen molar-refractivity contribution in [2.45, 2.75) is 6.61 Å². The molecule has 0 spiro atoms. The summed E-state index contributed by atoms with van der Waals surface area (Å²) in [5, 5.41) is 2.67. The minimum Gasteiger partial charge on any atom is -0.482 e. The van der Waals surface area contributed by atoms with Crippen molar-refractivity contribution < 1.29 is 19.1 Å². The average Bonchev–Trinajstić information content (AvgIpc) is 2.25. The third-order valence-electron chi connectivity index (χ3n) is 1.99. The molecule has 1 aliphatic rings. The zero-order valence-electron chi connectivity index (χ0n) is 7.86. The van der Waals surface area contributed by atoms with E-state index in [0.717, 1.165) is 5.56 Å². The minimum atomic E-state index is -0.184. The van der Waals surface area contributed by atoms with Crippen LogP contribution in [0.4, 0.5) is 5.69 Å². The Bertz CT molecular complexity index is 402. The van der Waals surface area contributed by atoms with Gasteiger partial charge in [-0.15, -0.1) is 0 Å². The van der Waals surface area contributed by atoms with Crippen molar-refractivity contribution in [3.63, 3.8) is 0 Å². The summed E-state index contributed by atoms with van der Waals surface area (Å²) in [5.74, 6) is 0.445. The van der Waals surface area contributed by atoms with Gasteiger partial charge in [-0.3, -0.25) is 9.59 Å². The second-order valence-corrected chi connectivity index (χ2v) is 3.07. The molecule has 2 rings (SSSR count). The molecule has 5 heteroatoms.